The summed E-state index contributed by atoms with van der Waals surface area (Å²) < 4.78 is 7.57. The van der Waals surface area contributed by atoms with E-state index in [2.05, 4.69) is 10.1 Å². The van der Waals surface area contributed by atoms with Crippen LogP contribution in [0.3, 0.4) is 0 Å². The predicted octanol–water partition coefficient (Wildman–Crippen LogP) is 4.17. The van der Waals surface area contributed by atoms with Gasteiger partial charge in [0.1, 0.15) is 0 Å². The molecular weight excluding hydrogens is 364 g/mol. The minimum atomic E-state index is -0.111. The molecule has 2 heterocycles. The number of anilines is 1. The number of rotatable bonds is 5. The van der Waals surface area contributed by atoms with Crippen molar-refractivity contribution in [3.63, 3.8) is 0 Å². The van der Waals surface area contributed by atoms with Gasteiger partial charge in [-0.2, -0.15) is 0 Å². The Hall–Kier alpha value is -3.41. The van der Waals surface area contributed by atoms with Gasteiger partial charge >= 0.3 is 0 Å². The van der Waals surface area contributed by atoms with Crippen molar-refractivity contribution in [3.8, 4) is 5.88 Å². The van der Waals surface area contributed by atoms with E-state index in [1.54, 1.807) is 9.58 Å². The molecule has 0 aliphatic carbocycles. The van der Waals surface area contributed by atoms with Gasteiger partial charge in [0.25, 0.3) is 5.91 Å². The lowest BCUT2D eigenvalue weighted by Gasteiger charge is -2.22. The Morgan fingerprint density at radius 2 is 1.90 bits per heavy atom. The van der Waals surface area contributed by atoms with E-state index in [-0.39, 0.29) is 12.5 Å². The van der Waals surface area contributed by atoms with Crippen molar-refractivity contribution in [2.24, 2.45) is 7.05 Å². The molecule has 0 fully saturated rings. The van der Waals surface area contributed by atoms with Gasteiger partial charge in [-0.15, -0.1) is 5.10 Å². The van der Waals surface area contributed by atoms with Crippen molar-refractivity contribution in [3.05, 3.63) is 59.8 Å². The average Bonchev–Trinajstić information content (AvgIpc) is 3.03. The largest absolute Gasteiger partial charge is 0.466 e. The Kier molecular flexibility index (Phi) is 4.92. The molecule has 148 valence electrons. The Bertz CT molecular complexity index is 1210. The van der Waals surface area contributed by atoms with Crippen molar-refractivity contribution in [2.75, 3.05) is 18.1 Å². The van der Waals surface area contributed by atoms with Crippen LogP contribution in [0.5, 0.6) is 5.88 Å². The molecular formula is C23H24N4O2. The van der Waals surface area contributed by atoms with Gasteiger partial charge in [0.2, 0.25) is 5.88 Å². The number of aryl methyl sites for hydroxylation is 3. The normalized spacial score (nSPS) is 11.2. The maximum atomic E-state index is 13.0. The lowest BCUT2D eigenvalue weighted by Crippen LogP contribution is -2.35. The van der Waals surface area contributed by atoms with Gasteiger partial charge in [-0.25, -0.2) is 9.67 Å². The second kappa shape index (κ2) is 7.54. The van der Waals surface area contributed by atoms with Crippen LogP contribution in [0.2, 0.25) is 0 Å². The highest BCUT2D eigenvalue weighted by Gasteiger charge is 2.20. The van der Waals surface area contributed by atoms with Gasteiger partial charge in [0.15, 0.2) is 12.3 Å². The monoisotopic (exact) mass is 388 g/mol. The molecule has 2 aromatic heterocycles. The van der Waals surface area contributed by atoms with E-state index in [9.17, 15) is 4.79 Å². The molecule has 0 bridgehead atoms. The maximum absolute atomic E-state index is 13.0. The molecule has 0 unspecified atom stereocenters. The summed E-state index contributed by atoms with van der Waals surface area (Å²) in [6, 6.07) is 16.0. The minimum absolute atomic E-state index is 0.0868. The number of hydrogen-bond acceptors (Lipinski definition) is 4. The molecule has 0 spiro atoms. The topological polar surface area (TPSA) is 60.3 Å². The number of ether oxygens (including phenoxy) is 1. The van der Waals surface area contributed by atoms with Gasteiger partial charge in [-0.05, 0) is 43.9 Å². The fourth-order valence-electron chi connectivity index (χ4n) is 3.78. The van der Waals surface area contributed by atoms with Crippen molar-refractivity contribution in [1.29, 1.82) is 0 Å². The van der Waals surface area contributed by atoms with Crippen molar-refractivity contribution >= 4 is 33.4 Å². The molecule has 4 rings (SSSR count). The van der Waals surface area contributed by atoms with E-state index < -0.39 is 0 Å². The number of pyridine rings is 1. The van der Waals surface area contributed by atoms with E-state index >= 15 is 0 Å². The third kappa shape index (κ3) is 3.42. The smallest absolute Gasteiger partial charge is 0.264 e. The van der Waals surface area contributed by atoms with E-state index in [1.165, 1.54) is 0 Å². The summed E-state index contributed by atoms with van der Waals surface area (Å²) in [7, 11) is 1.83. The molecule has 2 aromatic carbocycles. The summed E-state index contributed by atoms with van der Waals surface area (Å²) in [5.74, 6) is 0.329. The Morgan fingerprint density at radius 3 is 2.69 bits per heavy atom. The number of likely N-dealkylation sites (N-methyl/N-ethyl adjacent to an activating group) is 1. The molecule has 0 atom stereocenters. The lowest BCUT2D eigenvalue weighted by molar-refractivity contribution is -0.120. The van der Waals surface area contributed by atoms with E-state index in [4.69, 9.17) is 4.74 Å². The van der Waals surface area contributed by atoms with Crippen LogP contribution >= 0.6 is 0 Å². The number of benzene rings is 2. The van der Waals surface area contributed by atoms with Gasteiger partial charge in [0, 0.05) is 24.7 Å². The molecule has 0 saturated heterocycles. The highest BCUT2D eigenvalue weighted by Crippen LogP contribution is 2.29. The Labute approximate surface area is 169 Å². The first-order valence-electron chi connectivity index (χ1n) is 9.71. The maximum Gasteiger partial charge on any atom is 0.264 e. The molecule has 1 amide bonds. The molecule has 4 aromatic rings. The van der Waals surface area contributed by atoms with Crippen LogP contribution in [-0.4, -0.2) is 33.8 Å². The van der Waals surface area contributed by atoms with Crippen LogP contribution in [0.1, 0.15) is 18.2 Å². The highest BCUT2D eigenvalue weighted by atomic mass is 16.5. The van der Waals surface area contributed by atoms with Crippen LogP contribution in [0.4, 0.5) is 5.69 Å². The quantitative estimate of drug-likeness (QED) is 0.515. The molecule has 6 nitrogen and oxygen atoms in total. The molecule has 0 aliphatic rings. The van der Waals surface area contributed by atoms with Crippen LogP contribution in [0.15, 0.2) is 48.5 Å². The van der Waals surface area contributed by atoms with Crippen LogP contribution in [-0.2, 0) is 11.8 Å². The van der Waals surface area contributed by atoms with Crippen molar-refractivity contribution < 1.29 is 9.53 Å². The fraction of sp³-hybridized carbons (Fsp3) is 0.261. The summed E-state index contributed by atoms with van der Waals surface area (Å²) in [6.45, 7) is 6.39. The molecule has 29 heavy (non-hydrogen) atoms. The SMILES string of the molecule is CCN(C(=O)COc1nn(C)c2nc(C)cc(C)c12)c1cccc2ccccc12. The average molecular weight is 388 g/mol. The third-order valence-electron chi connectivity index (χ3n) is 5.09. The Morgan fingerprint density at radius 1 is 1.14 bits per heavy atom. The summed E-state index contributed by atoms with van der Waals surface area (Å²) in [6.07, 6.45) is 0. The van der Waals surface area contributed by atoms with Crippen molar-refractivity contribution in [1.82, 2.24) is 14.8 Å². The number of amides is 1. The van der Waals surface area contributed by atoms with Crippen LogP contribution in [0, 0.1) is 13.8 Å². The standard InChI is InChI=1S/C23H24N4O2/c1-5-27(19-12-8-10-17-9-6-7-11-18(17)19)20(28)14-29-23-21-15(2)13-16(3)24-22(21)26(4)25-23/h6-13H,5,14H2,1-4H3. The Balaban J connectivity index is 1.61. The van der Waals surface area contributed by atoms with Crippen molar-refractivity contribution in [2.45, 2.75) is 20.8 Å². The summed E-state index contributed by atoms with van der Waals surface area (Å²) in [5.41, 5.74) is 3.60. The molecule has 6 heteroatoms. The lowest BCUT2D eigenvalue weighted by atomic mass is 10.1. The number of nitrogens with zero attached hydrogens (tertiary/aromatic N) is 4. The van der Waals surface area contributed by atoms with Gasteiger partial charge in [-0.3, -0.25) is 4.79 Å². The molecule has 0 N–H and O–H groups in total. The number of aromatic nitrogens is 3. The number of hydrogen-bond donors (Lipinski definition) is 0. The summed E-state index contributed by atoms with van der Waals surface area (Å²) >= 11 is 0. The summed E-state index contributed by atoms with van der Waals surface area (Å²) in [4.78, 5) is 19.3. The van der Waals surface area contributed by atoms with Gasteiger partial charge in [-0.1, -0.05) is 36.4 Å². The van der Waals surface area contributed by atoms with E-state index in [1.807, 2.05) is 76.3 Å². The fourth-order valence-corrected chi connectivity index (χ4v) is 3.78. The first-order chi connectivity index (χ1) is 14.0. The first-order valence-corrected chi connectivity index (χ1v) is 9.71. The molecule has 0 aliphatic heterocycles. The first kappa shape index (κ1) is 18.9. The van der Waals surface area contributed by atoms with E-state index in [0.717, 1.165) is 38.8 Å². The zero-order valence-electron chi connectivity index (χ0n) is 17.1. The minimum Gasteiger partial charge on any atom is -0.466 e. The molecule has 0 saturated carbocycles. The number of fused-ring (bicyclic) bond motifs is 2. The van der Waals surface area contributed by atoms with E-state index in [0.29, 0.717) is 12.4 Å². The van der Waals surface area contributed by atoms with Crippen LogP contribution in [0.25, 0.3) is 21.8 Å². The number of carbonyl (C=O) groups excluding carboxylic acids is 1. The second-order valence-corrected chi connectivity index (χ2v) is 7.13. The third-order valence-corrected chi connectivity index (χ3v) is 5.09. The second-order valence-electron chi connectivity index (χ2n) is 7.13. The number of carbonyl (C=O) groups is 1. The summed E-state index contributed by atoms with van der Waals surface area (Å²) in [5, 5.41) is 7.43. The van der Waals surface area contributed by atoms with Gasteiger partial charge < -0.3 is 9.64 Å². The van der Waals surface area contributed by atoms with Crippen LogP contribution < -0.4 is 9.64 Å². The van der Waals surface area contributed by atoms with Gasteiger partial charge in [0.05, 0.1) is 11.1 Å². The highest BCUT2D eigenvalue weighted by molar-refractivity contribution is 6.04. The predicted molar refractivity (Wildman–Crippen MR) is 115 cm³/mol. The zero-order chi connectivity index (χ0) is 20.5. The molecule has 0 radical (unpaired) electrons. The zero-order valence-corrected chi connectivity index (χ0v) is 17.1.